The quantitative estimate of drug-likeness (QED) is 0.813. The number of hydrogen-bond donors (Lipinski definition) is 2. The van der Waals surface area contributed by atoms with Crippen LogP contribution < -0.4 is 0 Å². The standard InChI is InChI=1S/C12H21N3OS/c1-2-3-9-4-6-10(7-5-9)15-11(8-16)13-14-12(15)17/h9-10,16H,2-8H2,1H3,(H,14,17). The molecule has 0 radical (unpaired) electrons. The van der Waals surface area contributed by atoms with Crippen molar-refractivity contribution in [2.24, 2.45) is 5.92 Å². The van der Waals surface area contributed by atoms with Gasteiger partial charge in [0.05, 0.1) is 0 Å². The molecule has 1 aromatic heterocycles. The van der Waals surface area contributed by atoms with E-state index in [1.165, 1.54) is 25.7 Å². The highest BCUT2D eigenvalue weighted by Gasteiger charge is 2.24. The highest BCUT2D eigenvalue weighted by atomic mass is 32.1. The summed E-state index contributed by atoms with van der Waals surface area (Å²) in [6.07, 6.45) is 7.49. The molecular formula is C12H21N3OS. The van der Waals surface area contributed by atoms with Crippen molar-refractivity contribution in [2.45, 2.75) is 58.1 Å². The van der Waals surface area contributed by atoms with Gasteiger partial charge >= 0.3 is 0 Å². The molecular weight excluding hydrogens is 234 g/mol. The van der Waals surface area contributed by atoms with Crippen LogP contribution in [0.4, 0.5) is 0 Å². The summed E-state index contributed by atoms with van der Waals surface area (Å²) in [5.41, 5.74) is 0. The molecule has 0 amide bonds. The molecule has 17 heavy (non-hydrogen) atoms. The first-order chi connectivity index (χ1) is 8.26. The lowest BCUT2D eigenvalue weighted by atomic mass is 9.83. The van der Waals surface area contributed by atoms with Gasteiger partial charge in [-0.2, -0.15) is 5.10 Å². The van der Waals surface area contributed by atoms with Crippen molar-refractivity contribution in [3.8, 4) is 0 Å². The molecule has 5 heteroatoms. The molecule has 2 rings (SSSR count). The van der Waals surface area contributed by atoms with Gasteiger partial charge in [0.2, 0.25) is 0 Å². The van der Waals surface area contributed by atoms with Gasteiger partial charge < -0.3 is 5.11 Å². The van der Waals surface area contributed by atoms with Gasteiger partial charge in [0.1, 0.15) is 6.61 Å². The van der Waals surface area contributed by atoms with E-state index in [0.29, 0.717) is 16.6 Å². The number of nitrogens with one attached hydrogen (secondary N) is 1. The van der Waals surface area contributed by atoms with E-state index in [9.17, 15) is 5.11 Å². The molecule has 1 aliphatic rings. The molecule has 0 unspecified atom stereocenters. The van der Waals surface area contributed by atoms with Crippen molar-refractivity contribution in [2.75, 3.05) is 0 Å². The zero-order chi connectivity index (χ0) is 12.3. The molecule has 0 bridgehead atoms. The average Bonchev–Trinajstić information content (AvgIpc) is 2.72. The Bertz CT molecular complexity index is 404. The third-order valence-corrected chi connectivity index (χ3v) is 4.09. The lowest BCUT2D eigenvalue weighted by Crippen LogP contribution is -2.20. The summed E-state index contributed by atoms with van der Waals surface area (Å²) in [7, 11) is 0. The summed E-state index contributed by atoms with van der Waals surface area (Å²) in [5, 5.41) is 16.1. The van der Waals surface area contributed by atoms with Crippen LogP contribution in [0.2, 0.25) is 0 Å². The fourth-order valence-electron chi connectivity index (χ4n) is 2.93. The normalized spacial score (nSPS) is 25.1. The lowest BCUT2D eigenvalue weighted by Gasteiger charge is -2.29. The minimum Gasteiger partial charge on any atom is -0.388 e. The Hall–Kier alpha value is -0.680. The fraction of sp³-hybridized carbons (Fsp3) is 0.833. The number of H-pyrrole nitrogens is 1. The molecule has 1 heterocycles. The van der Waals surface area contributed by atoms with E-state index in [1.807, 2.05) is 4.57 Å². The number of hydrogen-bond acceptors (Lipinski definition) is 3. The molecule has 1 saturated carbocycles. The van der Waals surface area contributed by atoms with E-state index >= 15 is 0 Å². The number of nitrogens with zero attached hydrogens (tertiary/aromatic N) is 2. The maximum atomic E-state index is 9.25. The van der Waals surface area contributed by atoms with Crippen molar-refractivity contribution in [1.82, 2.24) is 14.8 Å². The molecule has 1 aliphatic carbocycles. The Morgan fingerprint density at radius 1 is 1.41 bits per heavy atom. The van der Waals surface area contributed by atoms with Crippen LogP contribution in [-0.2, 0) is 6.61 Å². The Balaban J connectivity index is 2.05. The van der Waals surface area contributed by atoms with Crippen molar-refractivity contribution in [3.63, 3.8) is 0 Å². The van der Waals surface area contributed by atoms with E-state index in [0.717, 1.165) is 18.8 Å². The number of aliphatic hydroxyl groups excluding tert-OH is 1. The minimum absolute atomic E-state index is 0.0397. The van der Waals surface area contributed by atoms with Gasteiger partial charge in [0.25, 0.3) is 0 Å². The molecule has 0 saturated heterocycles. The second-order valence-corrected chi connectivity index (χ2v) is 5.32. The van der Waals surface area contributed by atoms with Crippen LogP contribution in [0.1, 0.15) is 57.3 Å². The number of rotatable bonds is 4. The highest BCUT2D eigenvalue weighted by Crippen LogP contribution is 2.34. The zero-order valence-corrected chi connectivity index (χ0v) is 11.2. The third-order valence-electron chi connectivity index (χ3n) is 3.80. The summed E-state index contributed by atoms with van der Waals surface area (Å²) in [5.74, 6) is 1.56. The predicted molar refractivity (Wildman–Crippen MR) is 69.2 cm³/mol. The van der Waals surface area contributed by atoms with Crippen LogP contribution in [0, 0.1) is 10.7 Å². The molecule has 0 aromatic carbocycles. The monoisotopic (exact) mass is 255 g/mol. The van der Waals surface area contributed by atoms with Crippen molar-refractivity contribution >= 4 is 12.2 Å². The first kappa shape index (κ1) is 12.8. The molecule has 2 N–H and O–H groups in total. The summed E-state index contributed by atoms with van der Waals surface area (Å²) in [6.45, 7) is 2.21. The summed E-state index contributed by atoms with van der Waals surface area (Å²) < 4.78 is 2.66. The SMILES string of the molecule is CCCC1CCC(n2c(CO)n[nH]c2=S)CC1. The van der Waals surface area contributed by atoms with Crippen LogP contribution in [0.15, 0.2) is 0 Å². The Labute approximate surface area is 107 Å². The van der Waals surface area contributed by atoms with E-state index < -0.39 is 0 Å². The molecule has 4 nitrogen and oxygen atoms in total. The fourth-order valence-corrected chi connectivity index (χ4v) is 3.23. The van der Waals surface area contributed by atoms with E-state index in [4.69, 9.17) is 12.2 Å². The van der Waals surface area contributed by atoms with Gasteiger partial charge in [-0.15, -0.1) is 0 Å². The van der Waals surface area contributed by atoms with Crippen molar-refractivity contribution < 1.29 is 5.11 Å². The molecule has 0 spiro atoms. The van der Waals surface area contributed by atoms with Gasteiger partial charge in [0, 0.05) is 6.04 Å². The Kier molecular flexibility index (Phi) is 4.34. The van der Waals surface area contributed by atoms with Crippen LogP contribution in [0.5, 0.6) is 0 Å². The average molecular weight is 255 g/mol. The Morgan fingerprint density at radius 2 is 2.12 bits per heavy atom. The molecule has 0 atom stereocenters. The molecule has 96 valence electrons. The number of aromatic amines is 1. The first-order valence-corrected chi connectivity index (χ1v) is 6.93. The zero-order valence-electron chi connectivity index (χ0n) is 10.4. The molecule has 1 fully saturated rings. The van der Waals surface area contributed by atoms with Gasteiger partial charge in [-0.25, -0.2) is 0 Å². The van der Waals surface area contributed by atoms with E-state index in [1.54, 1.807) is 0 Å². The summed E-state index contributed by atoms with van der Waals surface area (Å²) in [4.78, 5) is 0. The van der Waals surface area contributed by atoms with Gasteiger partial charge in [0.15, 0.2) is 10.6 Å². The topological polar surface area (TPSA) is 53.8 Å². The number of aliphatic hydroxyl groups is 1. The summed E-state index contributed by atoms with van der Waals surface area (Å²) >= 11 is 5.23. The van der Waals surface area contributed by atoms with E-state index in [-0.39, 0.29) is 6.61 Å². The maximum Gasteiger partial charge on any atom is 0.195 e. The smallest absolute Gasteiger partial charge is 0.195 e. The van der Waals surface area contributed by atoms with Gasteiger partial charge in [-0.1, -0.05) is 19.8 Å². The van der Waals surface area contributed by atoms with Crippen LogP contribution in [0.3, 0.4) is 0 Å². The molecule has 0 aliphatic heterocycles. The first-order valence-electron chi connectivity index (χ1n) is 6.52. The largest absolute Gasteiger partial charge is 0.388 e. The second-order valence-electron chi connectivity index (χ2n) is 4.94. The van der Waals surface area contributed by atoms with Crippen LogP contribution in [-0.4, -0.2) is 19.9 Å². The minimum atomic E-state index is -0.0397. The van der Waals surface area contributed by atoms with Gasteiger partial charge in [-0.05, 0) is 43.8 Å². The lowest BCUT2D eigenvalue weighted by molar-refractivity contribution is 0.230. The van der Waals surface area contributed by atoms with Gasteiger partial charge in [-0.3, -0.25) is 9.67 Å². The third kappa shape index (κ3) is 2.77. The number of aromatic nitrogens is 3. The second kappa shape index (κ2) is 5.78. The predicted octanol–water partition coefficient (Wildman–Crippen LogP) is 2.96. The summed E-state index contributed by atoms with van der Waals surface area (Å²) in [6, 6.07) is 0.427. The van der Waals surface area contributed by atoms with E-state index in [2.05, 4.69) is 17.1 Å². The maximum absolute atomic E-state index is 9.25. The van der Waals surface area contributed by atoms with Crippen molar-refractivity contribution in [1.29, 1.82) is 0 Å². The van der Waals surface area contributed by atoms with Crippen LogP contribution in [0.25, 0.3) is 0 Å². The van der Waals surface area contributed by atoms with Crippen LogP contribution >= 0.6 is 12.2 Å². The molecule has 1 aromatic rings. The van der Waals surface area contributed by atoms with Crippen molar-refractivity contribution in [3.05, 3.63) is 10.6 Å². The Morgan fingerprint density at radius 3 is 2.71 bits per heavy atom. The highest BCUT2D eigenvalue weighted by molar-refractivity contribution is 7.71.